The van der Waals surface area contributed by atoms with E-state index in [1.807, 2.05) is 19.9 Å². The molecule has 29 heavy (non-hydrogen) atoms. The number of urea groups is 1. The number of nitrogens with one attached hydrogen (secondary N) is 2. The molecule has 3 amide bonds. The van der Waals surface area contributed by atoms with Crippen LogP contribution in [-0.4, -0.2) is 38.7 Å². The van der Waals surface area contributed by atoms with E-state index in [-0.39, 0.29) is 6.42 Å². The van der Waals surface area contributed by atoms with Crippen molar-refractivity contribution >= 4 is 23.6 Å². The Balaban J connectivity index is 1.81. The van der Waals surface area contributed by atoms with Gasteiger partial charge in [-0.2, -0.15) is 0 Å². The molecule has 2 N–H and O–H groups in total. The van der Waals surface area contributed by atoms with Crippen LogP contribution in [0, 0.1) is 13.8 Å². The maximum atomic E-state index is 12.0. The predicted octanol–water partition coefficient (Wildman–Crippen LogP) is 2.75. The Morgan fingerprint density at radius 2 is 1.69 bits per heavy atom. The van der Waals surface area contributed by atoms with Crippen molar-refractivity contribution in [3.8, 4) is 11.5 Å². The monoisotopic (exact) mass is 400 g/mol. The summed E-state index contributed by atoms with van der Waals surface area (Å²) in [6, 6.07) is 9.70. The van der Waals surface area contributed by atoms with Crippen LogP contribution in [0.2, 0.25) is 0 Å². The first-order chi connectivity index (χ1) is 13.8. The first kappa shape index (κ1) is 21.7. The molecule has 2 rings (SSSR count). The number of hydrogen-bond acceptors (Lipinski definition) is 6. The summed E-state index contributed by atoms with van der Waals surface area (Å²) in [5.41, 5.74) is 3.25. The van der Waals surface area contributed by atoms with Crippen molar-refractivity contribution in [2.75, 3.05) is 26.1 Å². The Bertz CT molecular complexity index is 910. The summed E-state index contributed by atoms with van der Waals surface area (Å²) in [4.78, 5) is 35.7. The molecule has 0 saturated carbocycles. The van der Waals surface area contributed by atoms with E-state index >= 15 is 0 Å². The van der Waals surface area contributed by atoms with E-state index in [0.717, 1.165) is 11.1 Å². The maximum Gasteiger partial charge on any atom is 0.325 e. The topological polar surface area (TPSA) is 103 Å². The van der Waals surface area contributed by atoms with Gasteiger partial charge in [-0.05, 0) is 43.2 Å². The Kier molecular flexibility index (Phi) is 7.59. The minimum Gasteiger partial charge on any atom is -0.497 e. The molecule has 2 aromatic carbocycles. The van der Waals surface area contributed by atoms with Gasteiger partial charge in [-0.25, -0.2) is 4.79 Å². The third kappa shape index (κ3) is 6.53. The highest BCUT2D eigenvalue weighted by atomic mass is 16.5. The largest absolute Gasteiger partial charge is 0.497 e. The smallest absolute Gasteiger partial charge is 0.325 e. The van der Waals surface area contributed by atoms with E-state index < -0.39 is 24.5 Å². The van der Waals surface area contributed by atoms with Crippen LogP contribution in [-0.2, 0) is 20.7 Å². The number of rotatable bonds is 7. The maximum absolute atomic E-state index is 12.0. The SMILES string of the molecule is COc1ccc(CC(=O)OCC(=O)NC(=O)Nc2ccc(C)c(C)c2)c(OC)c1. The van der Waals surface area contributed by atoms with Crippen LogP contribution < -0.4 is 20.1 Å². The van der Waals surface area contributed by atoms with Gasteiger partial charge in [0.1, 0.15) is 11.5 Å². The molecule has 0 radical (unpaired) electrons. The second-order valence-electron chi connectivity index (χ2n) is 6.32. The number of ether oxygens (including phenoxy) is 3. The van der Waals surface area contributed by atoms with Gasteiger partial charge in [0.2, 0.25) is 0 Å². The van der Waals surface area contributed by atoms with Crippen molar-refractivity contribution < 1.29 is 28.6 Å². The molecule has 8 nitrogen and oxygen atoms in total. The Hall–Kier alpha value is -3.55. The lowest BCUT2D eigenvalue weighted by atomic mass is 10.1. The van der Waals surface area contributed by atoms with Crippen molar-refractivity contribution in [2.24, 2.45) is 0 Å². The molecule has 0 aliphatic carbocycles. The van der Waals surface area contributed by atoms with Gasteiger partial charge in [-0.15, -0.1) is 0 Å². The van der Waals surface area contributed by atoms with Gasteiger partial charge in [0.25, 0.3) is 5.91 Å². The van der Waals surface area contributed by atoms with Gasteiger partial charge >= 0.3 is 12.0 Å². The van der Waals surface area contributed by atoms with Crippen molar-refractivity contribution in [1.29, 1.82) is 0 Å². The number of amides is 3. The van der Waals surface area contributed by atoms with Gasteiger partial charge in [-0.1, -0.05) is 12.1 Å². The van der Waals surface area contributed by atoms with Crippen molar-refractivity contribution in [3.05, 3.63) is 53.1 Å². The highest BCUT2D eigenvalue weighted by molar-refractivity contribution is 6.01. The molecule has 0 aromatic heterocycles. The fourth-order valence-corrected chi connectivity index (χ4v) is 2.49. The van der Waals surface area contributed by atoms with Crippen LogP contribution >= 0.6 is 0 Å². The first-order valence-electron chi connectivity index (χ1n) is 8.87. The lowest BCUT2D eigenvalue weighted by Gasteiger charge is -2.11. The lowest BCUT2D eigenvalue weighted by molar-refractivity contribution is -0.147. The molecule has 0 unspecified atom stereocenters. The van der Waals surface area contributed by atoms with E-state index in [4.69, 9.17) is 14.2 Å². The second kappa shape index (κ2) is 10.1. The second-order valence-corrected chi connectivity index (χ2v) is 6.32. The minimum atomic E-state index is -0.735. The summed E-state index contributed by atoms with van der Waals surface area (Å²) < 4.78 is 15.3. The number of carbonyl (C=O) groups is 3. The summed E-state index contributed by atoms with van der Waals surface area (Å²) >= 11 is 0. The van der Waals surface area contributed by atoms with E-state index in [0.29, 0.717) is 22.7 Å². The number of benzene rings is 2. The number of aryl methyl sites for hydroxylation is 2. The van der Waals surface area contributed by atoms with E-state index in [1.54, 1.807) is 30.3 Å². The number of methoxy groups -OCH3 is 2. The molecule has 2 aromatic rings. The number of imide groups is 1. The van der Waals surface area contributed by atoms with Crippen LogP contribution in [0.3, 0.4) is 0 Å². The molecule has 0 aliphatic heterocycles. The zero-order chi connectivity index (χ0) is 21.4. The number of esters is 1. The molecule has 0 atom stereocenters. The molecule has 0 saturated heterocycles. The van der Waals surface area contributed by atoms with Gasteiger partial charge in [0, 0.05) is 17.3 Å². The molecular formula is C21H24N2O6. The van der Waals surface area contributed by atoms with Gasteiger partial charge < -0.3 is 19.5 Å². The van der Waals surface area contributed by atoms with E-state index in [2.05, 4.69) is 10.6 Å². The molecular weight excluding hydrogens is 376 g/mol. The molecule has 0 spiro atoms. The fourth-order valence-electron chi connectivity index (χ4n) is 2.49. The first-order valence-corrected chi connectivity index (χ1v) is 8.87. The molecule has 8 heteroatoms. The number of hydrogen-bond donors (Lipinski definition) is 2. The third-order valence-electron chi connectivity index (χ3n) is 4.21. The average Bonchev–Trinajstić information content (AvgIpc) is 2.69. The van der Waals surface area contributed by atoms with Crippen LogP contribution in [0.25, 0.3) is 0 Å². The number of anilines is 1. The molecule has 0 aliphatic rings. The van der Waals surface area contributed by atoms with Crippen molar-refractivity contribution in [1.82, 2.24) is 5.32 Å². The van der Waals surface area contributed by atoms with Gasteiger partial charge in [0.15, 0.2) is 6.61 Å². The Labute approximate surface area is 169 Å². The summed E-state index contributed by atoms with van der Waals surface area (Å²) in [7, 11) is 3.00. The fraction of sp³-hybridized carbons (Fsp3) is 0.286. The zero-order valence-electron chi connectivity index (χ0n) is 16.8. The third-order valence-corrected chi connectivity index (χ3v) is 4.21. The highest BCUT2D eigenvalue weighted by Gasteiger charge is 2.14. The van der Waals surface area contributed by atoms with E-state index in [9.17, 15) is 14.4 Å². The molecule has 154 valence electrons. The minimum absolute atomic E-state index is 0.0880. The molecule has 0 bridgehead atoms. The standard InChI is InChI=1S/C21H24N2O6/c1-13-5-7-16(9-14(13)2)22-21(26)23-19(24)12-29-20(25)10-15-6-8-17(27-3)11-18(15)28-4/h5-9,11H,10,12H2,1-4H3,(H2,22,23,24,26). The van der Waals surface area contributed by atoms with Crippen LogP contribution in [0.1, 0.15) is 16.7 Å². The quantitative estimate of drug-likeness (QED) is 0.693. The Morgan fingerprint density at radius 3 is 2.34 bits per heavy atom. The summed E-state index contributed by atoms with van der Waals surface area (Å²) in [6.07, 6.45) is -0.0880. The lowest BCUT2D eigenvalue weighted by Crippen LogP contribution is -2.37. The molecule has 0 fully saturated rings. The predicted molar refractivity (Wildman–Crippen MR) is 107 cm³/mol. The summed E-state index contributed by atoms with van der Waals surface area (Å²) in [5, 5.41) is 4.67. The van der Waals surface area contributed by atoms with E-state index in [1.165, 1.54) is 14.2 Å². The summed E-state index contributed by atoms with van der Waals surface area (Å²) in [6.45, 7) is 3.30. The van der Waals surface area contributed by atoms with Gasteiger partial charge in [-0.3, -0.25) is 14.9 Å². The van der Waals surface area contributed by atoms with Crippen LogP contribution in [0.5, 0.6) is 11.5 Å². The van der Waals surface area contributed by atoms with Crippen molar-refractivity contribution in [2.45, 2.75) is 20.3 Å². The highest BCUT2D eigenvalue weighted by Crippen LogP contribution is 2.25. The number of carbonyl (C=O) groups excluding carboxylic acids is 3. The Morgan fingerprint density at radius 1 is 0.931 bits per heavy atom. The average molecular weight is 400 g/mol. The molecule has 0 heterocycles. The van der Waals surface area contributed by atoms with Crippen LogP contribution in [0.4, 0.5) is 10.5 Å². The van der Waals surface area contributed by atoms with Crippen molar-refractivity contribution in [3.63, 3.8) is 0 Å². The summed E-state index contributed by atoms with van der Waals surface area (Å²) in [5.74, 6) is -0.300. The van der Waals surface area contributed by atoms with Crippen LogP contribution in [0.15, 0.2) is 36.4 Å². The zero-order valence-corrected chi connectivity index (χ0v) is 16.8. The van der Waals surface area contributed by atoms with Gasteiger partial charge in [0.05, 0.1) is 20.6 Å². The normalized spacial score (nSPS) is 10.1.